The maximum absolute atomic E-state index is 13.4. The largest absolute Gasteiger partial charge is 0.339 e. The number of sulfonamides is 1. The molecule has 5 rings (SSSR count). The van der Waals surface area contributed by atoms with Gasteiger partial charge in [0.25, 0.3) is 0 Å². The number of aryl methyl sites for hydroxylation is 2. The Morgan fingerprint density at radius 2 is 1.88 bits per heavy atom. The van der Waals surface area contributed by atoms with Crippen LogP contribution in [0.1, 0.15) is 53.5 Å². The molecule has 3 aromatic rings. The number of nitrogens with one attached hydrogen (secondary N) is 1. The topological polar surface area (TPSA) is 105 Å². The molecular weight excluding hydrogens is 472 g/mol. The van der Waals surface area contributed by atoms with Gasteiger partial charge in [0.15, 0.2) is 0 Å². The standard InChI is InChI=1S/C24H28N4O4S2/c1-14-5-4-6-19(15(14)2)25-23(29)17-9-11-28(12-10-17)34(30,31)21-13-20(33-16(21)3)22-26-24(32-27-22)18-7-8-18/h4-6,13,17-18H,7-12H2,1-3H3,(H,25,29). The van der Waals surface area contributed by atoms with Crippen LogP contribution in [0.4, 0.5) is 5.69 Å². The zero-order valence-electron chi connectivity index (χ0n) is 19.5. The SMILES string of the molecule is Cc1cccc(NC(=O)C2CCN(S(=O)(=O)c3cc(-c4noc(C5CC5)n4)sc3C)CC2)c1C. The van der Waals surface area contributed by atoms with Gasteiger partial charge in [-0.05, 0) is 69.7 Å². The number of aromatic nitrogens is 2. The Bertz CT molecular complexity index is 1330. The van der Waals surface area contributed by atoms with Gasteiger partial charge in [0.1, 0.15) is 0 Å². The Morgan fingerprint density at radius 1 is 1.15 bits per heavy atom. The van der Waals surface area contributed by atoms with Crippen molar-refractivity contribution < 1.29 is 17.7 Å². The highest BCUT2D eigenvalue weighted by Gasteiger charge is 2.35. The van der Waals surface area contributed by atoms with E-state index in [1.807, 2.05) is 32.0 Å². The molecule has 0 unspecified atom stereocenters. The lowest BCUT2D eigenvalue weighted by molar-refractivity contribution is -0.120. The van der Waals surface area contributed by atoms with Crippen LogP contribution >= 0.6 is 11.3 Å². The molecule has 1 N–H and O–H groups in total. The summed E-state index contributed by atoms with van der Waals surface area (Å²) in [5.41, 5.74) is 2.98. The van der Waals surface area contributed by atoms with Gasteiger partial charge in [-0.2, -0.15) is 9.29 Å². The summed E-state index contributed by atoms with van der Waals surface area (Å²) in [6, 6.07) is 7.48. The fourth-order valence-electron chi connectivity index (χ4n) is 4.28. The van der Waals surface area contributed by atoms with Gasteiger partial charge < -0.3 is 9.84 Å². The van der Waals surface area contributed by atoms with E-state index in [4.69, 9.17) is 4.52 Å². The van der Waals surface area contributed by atoms with E-state index in [9.17, 15) is 13.2 Å². The lowest BCUT2D eigenvalue weighted by Gasteiger charge is -2.30. The predicted octanol–water partition coefficient (Wildman–Crippen LogP) is 4.64. The second-order valence-corrected chi connectivity index (χ2v) is 12.3. The first-order chi connectivity index (χ1) is 16.2. The summed E-state index contributed by atoms with van der Waals surface area (Å²) < 4.78 is 33.6. The first kappa shape index (κ1) is 23.2. The monoisotopic (exact) mass is 500 g/mol. The summed E-state index contributed by atoms with van der Waals surface area (Å²) in [6.45, 7) is 6.42. The summed E-state index contributed by atoms with van der Waals surface area (Å²) >= 11 is 1.36. The van der Waals surface area contributed by atoms with E-state index in [2.05, 4.69) is 15.5 Å². The molecule has 2 aromatic heterocycles. The third-order valence-corrected chi connectivity index (χ3v) is 9.97. The number of amides is 1. The summed E-state index contributed by atoms with van der Waals surface area (Å²) in [6.07, 6.45) is 3.09. The number of hydrogen-bond donors (Lipinski definition) is 1. The van der Waals surface area contributed by atoms with Crippen LogP contribution in [0.5, 0.6) is 0 Å². The lowest BCUT2D eigenvalue weighted by Crippen LogP contribution is -2.41. The van der Waals surface area contributed by atoms with Crippen molar-refractivity contribution in [3.05, 3.63) is 46.2 Å². The minimum atomic E-state index is -3.67. The Balaban J connectivity index is 1.25. The highest BCUT2D eigenvalue weighted by atomic mass is 32.2. The zero-order chi connectivity index (χ0) is 24.0. The summed E-state index contributed by atoms with van der Waals surface area (Å²) in [4.78, 5) is 18.9. The fraction of sp³-hybridized carbons (Fsp3) is 0.458. The molecular formula is C24H28N4O4S2. The van der Waals surface area contributed by atoms with E-state index in [1.54, 1.807) is 13.0 Å². The summed E-state index contributed by atoms with van der Waals surface area (Å²) in [7, 11) is -3.67. The van der Waals surface area contributed by atoms with Crippen LogP contribution in [0.2, 0.25) is 0 Å². The van der Waals surface area contributed by atoms with Gasteiger partial charge in [0, 0.05) is 35.5 Å². The smallest absolute Gasteiger partial charge is 0.244 e. The normalized spacial score (nSPS) is 17.7. The van der Waals surface area contributed by atoms with Crippen LogP contribution in [0.15, 0.2) is 33.7 Å². The minimum absolute atomic E-state index is 0.0525. The number of thiophene rings is 1. The molecule has 3 heterocycles. The molecule has 1 saturated carbocycles. The molecule has 2 fully saturated rings. The van der Waals surface area contributed by atoms with Gasteiger partial charge in [-0.25, -0.2) is 8.42 Å². The van der Waals surface area contributed by atoms with Crippen molar-refractivity contribution in [2.75, 3.05) is 18.4 Å². The van der Waals surface area contributed by atoms with Gasteiger partial charge in [-0.15, -0.1) is 11.3 Å². The van der Waals surface area contributed by atoms with Gasteiger partial charge in [0.2, 0.25) is 27.6 Å². The lowest BCUT2D eigenvalue weighted by atomic mass is 9.97. The molecule has 10 heteroatoms. The zero-order valence-corrected chi connectivity index (χ0v) is 21.1. The van der Waals surface area contributed by atoms with Gasteiger partial charge in [0.05, 0.1) is 9.77 Å². The van der Waals surface area contributed by atoms with Gasteiger partial charge >= 0.3 is 0 Å². The number of carbonyl (C=O) groups is 1. The summed E-state index contributed by atoms with van der Waals surface area (Å²) in [5.74, 6) is 1.15. The van der Waals surface area contributed by atoms with Crippen LogP contribution < -0.4 is 5.32 Å². The Hall–Kier alpha value is -2.56. The van der Waals surface area contributed by atoms with Crippen molar-refractivity contribution in [2.24, 2.45) is 5.92 Å². The molecule has 180 valence electrons. The van der Waals surface area contributed by atoms with Crippen molar-refractivity contribution >= 4 is 33.0 Å². The van der Waals surface area contributed by atoms with E-state index < -0.39 is 10.0 Å². The van der Waals surface area contributed by atoms with E-state index in [0.717, 1.165) is 29.7 Å². The van der Waals surface area contributed by atoms with E-state index in [0.29, 0.717) is 53.3 Å². The molecule has 1 aromatic carbocycles. The van der Waals surface area contributed by atoms with Crippen molar-refractivity contribution in [3.63, 3.8) is 0 Å². The van der Waals surface area contributed by atoms with Crippen molar-refractivity contribution in [2.45, 2.75) is 57.3 Å². The number of benzene rings is 1. The highest BCUT2D eigenvalue weighted by Crippen LogP contribution is 2.41. The number of anilines is 1. The predicted molar refractivity (Wildman–Crippen MR) is 130 cm³/mol. The Morgan fingerprint density at radius 3 is 2.59 bits per heavy atom. The molecule has 0 spiro atoms. The third-order valence-electron chi connectivity index (χ3n) is 6.77. The molecule has 34 heavy (non-hydrogen) atoms. The minimum Gasteiger partial charge on any atom is -0.339 e. The van der Waals surface area contributed by atoms with Gasteiger partial charge in [-0.3, -0.25) is 4.79 Å². The van der Waals surface area contributed by atoms with Crippen molar-refractivity contribution in [1.29, 1.82) is 0 Å². The van der Waals surface area contributed by atoms with E-state index in [-0.39, 0.29) is 16.7 Å². The number of hydrogen-bond acceptors (Lipinski definition) is 7. The maximum atomic E-state index is 13.4. The Labute approximate surface area is 203 Å². The van der Waals surface area contributed by atoms with Crippen LogP contribution in [0.3, 0.4) is 0 Å². The summed E-state index contributed by atoms with van der Waals surface area (Å²) in [5, 5.41) is 7.07. The third kappa shape index (κ3) is 4.42. The Kier molecular flexibility index (Phi) is 6.07. The first-order valence-corrected chi connectivity index (χ1v) is 13.8. The van der Waals surface area contributed by atoms with E-state index in [1.165, 1.54) is 15.6 Å². The molecule has 0 bridgehead atoms. The van der Waals surface area contributed by atoms with Crippen LogP contribution in [0, 0.1) is 26.7 Å². The van der Waals surface area contributed by atoms with Crippen LogP contribution in [-0.4, -0.2) is 41.9 Å². The molecule has 2 aliphatic rings. The average Bonchev–Trinajstić information content (AvgIpc) is 3.41. The maximum Gasteiger partial charge on any atom is 0.244 e. The molecule has 1 aliphatic heterocycles. The van der Waals surface area contributed by atoms with E-state index >= 15 is 0 Å². The highest BCUT2D eigenvalue weighted by molar-refractivity contribution is 7.89. The van der Waals surface area contributed by atoms with Gasteiger partial charge in [-0.1, -0.05) is 17.3 Å². The second kappa shape index (κ2) is 8.90. The molecule has 1 aliphatic carbocycles. The number of nitrogens with zero attached hydrogens (tertiary/aromatic N) is 3. The number of piperidine rings is 1. The fourth-order valence-corrected chi connectivity index (χ4v) is 7.24. The molecule has 1 amide bonds. The van der Waals surface area contributed by atoms with Crippen LogP contribution in [0.25, 0.3) is 10.7 Å². The van der Waals surface area contributed by atoms with Crippen molar-refractivity contribution in [3.8, 4) is 10.7 Å². The molecule has 8 nitrogen and oxygen atoms in total. The number of rotatable bonds is 6. The second-order valence-electron chi connectivity index (χ2n) is 9.18. The van der Waals surface area contributed by atoms with Crippen LogP contribution in [-0.2, 0) is 14.8 Å². The molecule has 0 atom stereocenters. The molecule has 1 saturated heterocycles. The van der Waals surface area contributed by atoms with Crippen molar-refractivity contribution in [1.82, 2.24) is 14.4 Å². The quantitative estimate of drug-likeness (QED) is 0.529. The number of carbonyl (C=O) groups excluding carboxylic acids is 1. The molecule has 0 radical (unpaired) electrons. The average molecular weight is 501 g/mol. The first-order valence-electron chi connectivity index (χ1n) is 11.6.